The first-order valence-electron chi connectivity index (χ1n) is 12.3. The fourth-order valence-corrected chi connectivity index (χ4v) is 5.43. The molecule has 4 aromatic rings. The average Bonchev–Trinajstić information content (AvgIpc) is 3.35. The molecule has 37 heavy (non-hydrogen) atoms. The largest absolute Gasteiger partial charge is 0.494 e. The van der Waals surface area contributed by atoms with Gasteiger partial charge in [0.05, 0.1) is 23.7 Å². The zero-order chi connectivity index (χ0) is 25.8. The van der Waals surface area contributed by atoms with Crippen molar-refractivity contribution in [2.24, 2.45) is 4.99 Å². The number of hydrogen-bond acceptors (Lipinski definition) is 4. The van der Waals surface area contributed by atoms with Gasteiger partial charge < -0.3 is 9.30 Å². The third-order valence-corrected chi connectivity index (χ3v) is 7.22. The SMILES string of the molecule is CCOc1ccc(-n2c(C)cc(/C=C3\SC(=Nc4ccccc4)N(Cc4ccccc4)C3=O)c2C)cc1. The van der Waals surface area contributed by atoms with Gasteiger partial charge in [-0.25, -0.2) is 4.99 Å². The number of benzene rings is 3. The van der Waals surface area contributed by atoms with E-state index in [0.717, 1.165) is 39.6 Å². The molecule has 1 amide bonds. The zero-order valence-electron chi connectivity index (χ0n) is 21.2. The molecule has 0 saturated carbocycles. The number of ether oxygens (including phenoxy) is 1. The van der Waals surface area contributed by atoms with E-state index in [0.29, 0.717) is 23.2 Å². The summed E-state index contributed by atoms with van der Waals surface area (Å²) in [4.78, 5) is 20.9. The Kier molecular flexibility index (Phi) is 7.28. The Morgan fingerprint density at radius 3 is 2.27 bits per heavy atom. The second-order valence-corrected chi connectivity index (χ2v) is 9.82. The molecule has 0 N–H and O–H groups in total. The highest BCUT2D eigenvalue weighted by Crippen LogP contribution is 2.36. The second-order valence-electron chi connectivity index (χ2n) is 8.81. The van der Waals surface area contributed by atoms with E-state index in [4.69, 9.17) is 9.73 Å². The summed E-state index contributed by atoms with van der Waals surface area (Å²) in [6.45, 7) is 7.26. The molecular formula is C31H29N3O2S. The van der Waals surface area contributed by atoms with Crippen LogP contribution >= 0.6 is 11.8 Å². The van der Waals surface area contributed by atoms with Crippen molar-refractivity contribution in [3.63, 3.8) is 0 Å². The van der Waals surface area contributed by atoms with Crippen molar-refractivity contribution in [2.45, 2.75) is 27.3 Å². The van der Waals surface area contributed by atoms with Gasteiger partial charge in [0.1, 0.15) is 5.75 Å². The van der Waals surface area contributed by atoms with Gasteiger partial charge in [0.25, 0.3) is 5.91 Å². The van der Waals surface area contributed by atoms with E-state index in [-0.39, 0.29) is 5.91 Å². The van der Waals surface area contributed by atoms with Crippen molar-refractivity contribution in [2.75, 3.05) is 6.61 Å². The molecule has 0 spiro atoms. The summed E-state index contributed by atoms with van der Waals surface area (Å²) in [6, 6.07) is 30.0. The molecule has 1 saturated heterocycles. The topological polar surface area (TPSA) is 46.8 Å². The van der Waals surface area contributed by atoms with E-state index in [9.17, 15) is 4.79 Å². The summed E-state index contributed by atoms with van der Waals surface area (Å²) in [7, 11) is 0. The number of amides is 1. The van der Waals surface area contributed by atoms with Gasteiger partial charge in [-0.3, -0.25) is 9.69 Å². The first-order valence-corrected chi connectivity index (χ1v) is 13.2. The molecule has 1 fully saturated rings. The zero-order valence-corrected chi connectivity index (χ0v) is 22.0. The Labute approximate surface area is 222 Å². The molecule has 186 valence electrons. The Bertz CT molecular complexity index is 1460. The smallest absolute Gasteiger partial charge is 0.267 e. The number of thioether (sulfide) groups is 1. The molecule has 0 unspecified atom stereocenters. The van der Waals surface area contributed by atoms with Crippen molar-refractivity contribution in [3.8, 4) is 11.4 Å². The van der Waals surface area contributed by atoms with Gasteiger partial charge in [-0.1, -0.05) is 48.5 Å². The van der Waals surface area contributed by atoms with E-state index in [1.54, 1.807) is 4.90 Å². The van der Waals surface area contributed by atoms with Crippen molar-refractivity contribution >= 4 is 34.6 Å². The highest BCUT2D eigenvalue weighted by molar-refractivity contribution is 8.18. The van der Waals surface area contributed by atoms with Gasteiger partial charge in [0, 0.05) is 17.1 Å². The molecule has 0 aliphatic carbocycles. The molecule has 3 aromatic carbocycles. The van der Waals surface area contributed by atoms with Crippen LogP contribution in [0, 0.1) is 13.8 Å². The average molecular weight is 508 g/mol. The lowest BCUT2D eigenvalue weighted by Crippen LogP contribution is -2.28. The predicted molar refractivity (Wildman–Crippen MR) is 153 cm³/mol. The fourth-order valence-electron chi connectivity index (χ4n) is 4.44. The first-order chi connectivity index (χ1) is 18.0. The first kappa shape index (κ1) is 24.7. The molecular weight excluding hydrogens is 478 g/mol. The maximum absolute atomic E-state index is 13.6. The standard InChI is InChI=1S/C31H29N3O2S/c1-4-36-28-17-15-27(16-18-28)34-22(2)19-25(23(34)3)20-29-30(35)33(21-24-11-7-5-8-12-24)31(37-29)32-26-13-9-6-10-14-26/h5-20H,4,21H2,1-3H3/b29-20-,32-31?. The van der Waals surface area contributed by atoms with Gasteiger partial charge in [-0.2, -0.15) is 0 Å². The number of para-hydroxylation sites is 1. The minimum absolute atomic E-state index is 0.0330. The van der Waals surface area contributed by atoms with Crippen LogP contribution in [0.25, 0.3) is 11.8 Å². The van der Waals surface area contributed by atoms with Crippen LogP contribution < -0.4 is 4.74 Å². The van der Waals surface area contributed by atoms with Crippen LogP contribution in [0.3, 0.4) is 0 Å². The number of aliphatic imine (C=N–C) groups is 1. The normalized spacial score (nSPS) is 15.6. The molecule has 6 heteroatoms. The summed E-state index contributed by atoms with van der Waals surface area (Å²) in [5.74, 6) is 0.821. The predicted octanol–water partition coefficient (Wildman–Crippen LogP) is 7.30. The van der Waals surface area contributed by atoms with Crippen LogP contribution in [-0.2, 0) is 11.3 Å². The van der Waals surface area contributed by atoms with E-state index >= 15 is 0 Å². The summed E-state index contributed by atoms with van der Waals surface area (Å²) < 4.78 is 7.79. The Hall–Kier alpha value is -4.03. The molecule has 5 rings (SSSR count). The Morgan fingerprint density at radius 1 is 0.919 bits per heavy atom. The van der Waals surface area contributed by atoms with Crippen molar-refractivity contribution in [3.05, 3.63) is 118 Å². The number of amidine groups is 1. The number of carbonyl (C=O) groups is 1. The Morgan fingerprint density at radius 2 is 1.59 bits per heavy atom. The number of aromatic nitrogens is 1. The third-order valence-electron chi connectivity index (χ3n) is 6.22. The maximum atomic E-state index is 13.6. The van der Waals surface area contributed by atoms with Crippen molar-refractivity contribution < 1.29 is 9.53 Å². The summed E-state index contributed by atoms with van der Waals surface area (Å²) >= 11 is 1.42. The summed E-state index contributed by atoms with van der Waals surface area (Å²) in [5, 5.41) is 0.687. The Balaban J connectivity index is 1.49. The highest BCUT2D eigenvalue weighted by Gasteiger charge is 2.33. The summed E-state index contributed by atoms with van der Waals surface area (Å²) in [6.07, 6.45) is 1.99. The van der Waals surface area contributed by atoms with Crippen LogP contribution in [0.2, 0.25) is 0 Å². The van der Waals surface area contributed by atoms with Gasteiger partial charge in [0.15, 0.2) is 5.17 Å². The van der Waals surface area contributed by atoms with Crippen LogP contribution in [-0.4, -0.2) is 27.1 Å². The minimum Gasteiger partial charge on any atom is -0.494 e. The van der Waals surface area contributed by atoms with Crippen molar-refractivity contribution in [1.82, 2.24) is 9.47 Å². The summed E-state index contributed by atoms with van der Waals surface area (Å²) in [5.41, 5.74) is 6.14. The van der Waals surface area contributed by atoms with Gasteiger partial charge in [-0.05, 0) is 92.2 Å². The van der Waals surface area contributed by atoms with Crippen molar-refractivity contribution in [1.29, 1.82) is 0 Å². The van der Waals surface area contributed by atoms with Gasteiger partial charge in [-0.15, -0.1) is 0 Å². The number of aryl methyl sites for hydroxylation is 1. The molecule has 1 aliphatic rings. The maximum Gasteiger partial charge on any atom is 0.267 e. The van der Waals surface area contributed by atoms with Gasteiger partial charge in [0.2, 0.25) is 0 Å². The van der Waals surface area contributed by atoms with E-state index in [1.165, 1.54) is 11.8 Å². The highest BCUT2D eigenvalue weighted by atomic mass is 32.2. The van der Waals surface area contributed by atoms with Crippen LogP contribution in [0.15, 0.2) is 101 Å². The molecule has 0 radical (unpaired) electrons. The van der Waals surface area contributed by atoms with Crippen LogP contribution in [0.4, 0.5) is 5.69 Å². The fraction of sp³-hybridized carbons (Fsp3) is 0.161. The molecule has 1 aromatic heterocycles. The second kappa shape index (κ2) is 10.9. The number of rotatable bonds is 7. The van der Waals surface area contributed by atoms with Gasteiger partial charge >= 0.3 is 0 Å². The van der Waals surface area contributed by atoms with E-state index in [2.05, 4.69) is 36.6 Å². The molecule has 1 aliphatic heterocycles. The molecule has 0 atom stereocenters. The monoisotopic (exact) mass is 507 g/mol. The lowest BCUT2D eigenvalue weighted by molar-refractivity contribution is -0.122. The quantitative estimate of drug-likeness (QED) is 0.247. The van der Waals surface area contributed by atoms with E-state index in [1.807, 2.05) is 85.8 Å². The number of hydrogen-bond donors (Lipinski definition) is 0. The van der Waals surface area contributed by atoms with Crippen LogP contribution in [0.5, 0.6) is 5.75 Å². The molecule has 2 heterocycles. The van der Waals surface area contributed by atoms with Crippen LogP contribution in [0.1, 0.15) is 29.4 Å². The third kappa shape index (κ3) is 5.39. The lowest BCUT2D eigenvalue weighted by Gasteiger charge is -2.15. The number of carbonyl (C=O) groups excluding carboxylic acids is 1. The number of nitrogens with zero attached hydrogens (tertiary/aromatic N) is 3. The van der Waals surface area contributed by atoms with E-state index < -0.39 is 0 Å². The molecule has 5 nitrogen and oxygen atoms in total. The lowest BCUT2D eigenvalue weighted by atomic mass is 10.2. The molecule has 0 bridgehead atoms. The minimum atomic E-state index is -0.0330.